The Morgan fingerprint density at radius 1 is 1.35 bits per heavy atom. The minimum absolute atomic E-state index is 0.189. The van der Waals surface area contributed by atoms with Gasteiger partial charge in [0.2, 0.25) is 5.89 Å². The SMILES string of the molecule is CN1CCN(C)C(c2noc(C(C)(C)N)n2)C1. The molecule has 0 aliphatic carbocycles. The summed E-state index contributed by atoms with van der Waals surface area (Å²) in [5.41, 5.74) is 5.36. The Morgan fingerprint density at radius 3 is 2.65 bits per heavy atom. The van der Waals surface area contributed by atoms with Gasteiger partial charge in [0.05, 0.1) is 11.6 Å². The average Bonchev–Trinajstić information content (AvgIpc) is 2.70. The van der Waals surface area contributed by atoms with E-state index in [1.807, 2.05) is 13.8 Å². The zero-order chi connectivity index (χ0) is 12.6. The normalized spacial score (nSPS) is 24.2. The molecule has 0 radical (unpaired) electrons. The average molecular weight is 239 g/mol. The maximum absolute atomic E-state index is 5.94. The predicted octanol–water partition coefficient (Wildman–Crippen LogP) is 0.182. The summed E-state index contributed by atoms with van der Waals surface area (Å²) in [5, 5.41) is 4.06. The van der Waals surface area contributed by atoms with E-state index in [4.69, 9.17) is 10.3 Å². The van der Waals surface area contributed by atoms with Gasteiger partial charge in [-0.3, -0.25) is 4.90 Å². The highest BCUT2D eigenvalue weighted by molar-refractivity contribution is 5.02. The molecule has 2 rings (SSSR count). The number of hydrogen-bond donors (Lipinski definition) is 1. The molecule has 0 bridgehead atoms. The largest absolute Gasteiger partial charge is 0.337 e. The molecule has 1 atom stereocenters. The lowest BCUT2D eigenvalue weighted by molar-refractivity contribution is 0.108. The molecule has 1 unspecified atom stereocenters. The first-order valence-electron chi connectivity index (χ1n) is 5.89. The van der Waals surface area contributed by atoms with Crippen LogP contribution in [-0.4, -0.2) is 53.7 Å². The van der Waals surface area contributed by atoms with Crippen molar-refractivity contribution in [2.45, 2.75) is 25.4 Å². The maximum Gasteiger partial charge on any atom is 0.246 e. The van der Waals surface area contributed by atoms with Crippen LogP contribution in [0.2, 0.25) is 0 Å². The van der Waals surface area contributed by atoms with Crippen molar-refractivity contribution in [3.05, 3.63) is 11.7 Å². The van der Waals surface area contributed by atoms with Gasteiger partial charge in [0.15, 0.2) is 5.82 Å². The van der Waals surface area contributed by atoms with E-state index in [-0.39, 0.29) is 6.04 Å². The first-order chi connectivity index (χ1) is 7.88. The molecule has 17 heavy (non-hydrogen) atoms. The Bertz CT molecular complexity index is 383. The molecule has 0 saturated carbocycles. The summed E-state index contributed by atoms with van der Waals surface area (Å²) in [5.74, 6) is 1.22. The van der Waals surface area contributed by atoms with E-state index in [1.54, 1.807) is 0 Å². The second kappa shape index (κ2) is 4.36. The summed E-state index contributed by atoms with van der Waals surface area (Å²) in [7, 11) is 4.19. The van der Waals surface area contributed by atoms with E-state index >= 15 is 0 Å². The number of rotatable bonds is 2. The van der Waals surface area contributed by atoms with Crippen molar-refractivity contribution in [2.24, 2.45) is 5.73 Å². The van der Waals surface area contributed by atoms with Crippen molar-refractivity contribution in [3.63, 3.8) is 0 Å². The molecule has 1 aromatic heterocycles. The number of aromatic nitrogens is 2. The first kappa shape index (κ1) is 12.5. The maximum atomic E-state index is 5.94. The molecule has 2 N–H and O–H groups in total. The fourth-order valence-electron chi connectivity index (χ4n) is 1.92. The highest BCUT2D eigenvalue weighted by atomic mass is 16.5. The Hall–Kier alpha value is -0.980. The molecule has 6 heteroatoms. The molecule has 1 aliphatic rings. The van der Waals surface area contributed by atoms with Crippen LogP contribution in [0.5, 0.6) is 0 Å². The first-order valence-corrected chi connectivity index (χ1v) is 5.89. The number of nitrogens with two attached hydrogens (primary N) is 1. The van der Waals surface area contributed by atoms with Crippen molar-refractivity contribution >= 4 is 0 Å². The number of hydrogen-bond acceptors (Lipinski definition) is 6. The molecule has 0 spiro atoms. The van der Waals surface area contributed by atoms with Crippen LogP contribution < -0.4 is 5.73 Å². The van der Waals surface area contributed by atoms with E-state index in [2.05, 4.69) is 34.0 Å². The smallest absolute Gasteiger partial charge is 0.246 e. The second-order valence-corrected chi connectivity index (χ2v) is 5.44. The molecule has 1 fully saturated rings. The van der Waals surface area contributed by atoms with Crippen molar-refractivity contribution < 1.29 is 4.52 Å². The summed E-state index contributed by atoms with van der Waals surface area (Å²) < 4.78 is 5.23. The highest BCUT2D eigenvalue weighted by Gasteiger charge is 2.30. The lowest BCUT2D eigenvalue weighted by Gasteiger charge is -2.35. The van der Waals surface area contributed by atoms with Crippen LogP contribution in [0.1, 0.15) is 31.6 Å². The molecule has 2 heterocycles. The van der Waals surface area contributed by atoms with Crippen molar-refractivity contribution in [2.75, 3.05) is 33.7 Å². The van der Waals surface area contributed by atoms with Gasteiger partial charge in [0.25, 0.3) is 0 Å². The van der Waals surface area contributed by atoms with Crippen LogP contribution in [0, 0.1) is 0 Å². The molecular weight excluding hydrogens is 218 g/mol. The minimum atomic E-state index is -0.579. The van der Waals surface area contributed by atoms with Crippen LogP contribution in [-0.2, 0) is 5.54 Å². The van der Waals surface area contributed by atoms with Crippen LogP contribution >= 0.6 is 0 Å². The number of piperazine rings is 1. The standard InChI is InChI=1S/C11H21N5O/c1-11(2,12)10-13-9(14-17-10)8-7-15(3)5-6-16(8)4/h8H,5-7,12H2,1-4H3. The molecule has 0 aromatic carbocycles. The topological polar surface area (TPSA) is 71.4 Å². The van der Waals surface area contributed by atoms with Gasteiger partial charge in [-0.1, -0.05) is 5.16 Å². The van der Waals surface area contributed by atoms with Crippen LogP contribution in [0.15, 0.2) is 4.52 Å². The number of nitrogens with zero attached hydrogens (tertiary/aromatic N) is 4. The molecule has 96 valence electrons. The molecule has 1 aromatic rings. The third-order valence-corrected chi connectivity index (χ3v) is 3.14. The lowest BCUT2D eigenvalue weighted by atomic mass is 10.1. The van der Waals surface area contributed by atoms with Gasteiger partial charge in [-0.25, -0.2) is 0 Å². The van der Waals surface area contributed by atoms with E-state index in [9.17, 15) is 0 Å². The van der Waals surface area contributed by atoms with Crippen molar-refractivity contribution in [3.8, 4) is 0 Å². The van der Waals surface area contributed by atoms with Crippen LogP contribution in [0.3, 0.4) is 0 Å². The third-order valence-electron chi connectivity index (χ3n) is 3.14. The summed E-state index contributed by atoms with van der Waals surface area (Å²) in [6.45, 7) is 6.72. The van der Waals surface area contributed by atoms with Gasteiger partial charge in [-0.2, -0.15) is 4.98 Å². The molecule has 1 aliphatic heterocycles. The molecule has 1 saturated heterocycles. The number of likely N-dealkylation sites (N-methyl/N-ethyl adjacent to an activating group) is 2. The molecule has 6 nitrogen and oxygen atoms in total. The van der Waals surface area contributed by atoms with Crippen LogP contribution in [0.25, 0.3) is 0 Å². The van der Waals surface area contributed by atoms with E-state index in [1.165, 1.54) is 0 Å². The zero-order valence-electron chi connectivity index (χ0n) is 11.0. The van der Waals surface area contributed by atoms with Crippen LogP contribution in [0.4, 0.5) is 0 Å². The van der Waals surface area contributed by atoms with Crippen molar-refractivity contribution in [1.29, 1.82) is 0 Å². The van der Waals surface area contributed by atoms with Gasteiger partial charge in [0, 0.05) is 19.6 Å². The predicted molar refractivity (Wildman–Crippen MR) is 64.4 cm³/mol. The van der Waals surface area contributed by atoms with Gasteiger partial charge in [0.1, 0.15) is 0 Å². The zero-order valence-corrected chi connectivity index (χ0v) is 11.0. The monoisotopic (exact) mass is 239 g/mol. The lowest BCUT2D eigenvalue weighted by Crippen LogP contribution is -2.45. The van der Waals surface area contributed by atoms with Crippen molar-refractivity contribution in [1.82, 2.24) is 19.9 Å². The van der Waals surface area contributed by atoms with Gasteiger partial charge in [-0.15, -0.1) is 0 Å². The highest BCUT2D eigenvalue weighted by Crippen LogP contribution is 2.23. The molecular formula is C11H21N5O. The quantitative estimate of drug-likeness (QED) is 0.794. The Labute approximate surface area is 102 Å². The Balaban J connectivity index is 2.19. The Morgan fingerprint density at radius 2 is 2.06 bits per heavy atom. The summed E-state index contributed by atoms with van der Waals surface area (Å²) >= 11 is 0. The summed E-state index contributed by atoms with van der Waals surface area (Å²) in [6.07, 6.45) is 0. The summed E-state index contributed by atoms with van der Waals surface area (Å²) in [6, 6.07) is 0.189. The van der Waals surface area contributed by atoms with Gasteiger partial charge >= 0.3 is 0 Å². The third kappa shape index (κ3) is 2.65. The van der Waals surface area contributed by atoms with E-state index in [0.29, 0.717) is 5.89 Å². The minimum Gasteiger partial charge on any atom is -0.337 e. The van der Waals surface area contributed by atoms with E-state index in [0.717, 1.165) is 25.5 Å². The summed E-state index contributed by atoms with van der Waals surface area (Å²) in [4.78, 5) is 8.94. The van der Waals surface area contributed by atoms with Gasteiger partial charge in [-0.05, 0) is 27.9 Å². The van der Waals surface area contributed by atoms with E-state index < -0.39 is 5.54 Å². The van der Waals surface area contributed by atoms with Gasteiger partial charge < -0.3 is 15.2 Å². The fraction of sp³-hybridized carbons (Fsp3) is 0.818. The fourth-order valence-corrected chi connectivity index (χ4v) is 1.92. The Kier molecular flexibility index (Phi) is 3.20. The second-order valence-electron chi connectivity index (χ2n) is 5.44. The molecule has 0 amide bonds.